The van der Waals surface area contributed by atoms with Gasteiger partial charge < -0.3 is 11.1 Å². The van der Waals surface area contributed by atoms with Gasteiger partial charge in [-0.3, -0.25) is 5.10 Å². The lowest BCUT2D eigenvalue weighted by atomic mass is 9.90. The van der Waals surface area contributed by atoms with Crippen LogP contribution in [0, 0.1) is 0 Å². The summed E-state index contributed by atoms with van der Waals surface area (Å²) < 4.78 is 0. The van der Waals surface area contributed by atoms with Gasteiger partial charge in [-0.1, -0.05) is 23.7 Å². The highest BCUT2D eigenvalue weighted by Gasteiger charge is 2.26. The van der Waals surface area contributed by atoms with E-state index in [1.54, 1.807) is 12.3 Å². The summed E-state index contributed by atoms with van der Waals surface area (Å²) in [6.45, 7) is 1.99. The minimum absolute atomic E-state index is 0.398. The third-order valence-electron chi connectivity index (χ3n) is 4.56. The van der Waals surface area contributed by atoms with Crippen LogP contribution in [0.4, 0.5) is 5.82 Å². The smallest absolute Gasteiger partial charge is 0.165 e. The molecule has 0 radical (unpaired) electrons. The summed E-state index contributed by atoms with van der Waals surface area (Å²) in [7, 11) is 0. The van der Waals surface area contributed by atoms with Crippen LogP contribution in [0.3, 0.4) is 0 Å². The maximum Gasteiger partial charge on any atom is 0.165 e. The van der Waals surface area contributed by atoms with Crippen molar-refractivity contribution in [1.82, 2.24) is 25.5 Å². The van der Waals surface area contributed by atoms with Crippen LogP contribution in [0.2, 0.25) is 5.02 Å². The highest BCUT2D eigenvalue weighted by Crippen LogP contribution is 2.37. The Bertz CT molecular complexity index is 868. The number of nitrogens with one attached hydrogen (secondary N) is 2. The summed E-state index contributed by atoms with van der Waals surface area (Å²) in [5.41, 5.74) is 9.71. The number of halogens is 1. The lowest BCUT2D eigenvalue weighted by Crippen LogP contribution is -2.27. The number of hydrogen-bond acceptors (Lipinski definition) is 5. The predicted molar refractivity (Wildman–Crippen MR) is 99.3 cm³/mol. The molecule has 0 bridgehead atoms. The lowest BCUT2D eigenvalue weighted by Gasteiger charge is -2.22. The molecule has 7 heteroatoms. The SMILES string of the molecule is Nc1ccnc(-c2c(-c3ccc(Cl)cc3)n[nH]c2C2CCNCC2)n1. The van der Waals surface area contributed by atoms with Crippen molar-refractivity contribution in [3.63, 3.8) is 0 Å². The second kappa shape index (κ2) is 6.82. The summed E-state index contributed by atoms with van der Waals surface area (Å²) in [4.78, 5) is 8.89. The van der Waals surface area contributed by atoms with Gasteiger partial charge in [0.05, 0.1) is 11.3 Å². The Labute approximate surface area is 150 Å². The van der Waals surface area contributed by atoms with E-state index < -0.39 is 0 Å². The highest BCUT2D eigenvalue weighted by molar-refractivity contribution is 6.30. The summed E-state index contributed by atoms with van der Waals surface area (Å²) in [6.07, 6.45) is 3.79. The minimum Gasteiger partial charge on any atom is -0.384 e. The van der Waals surface area contributed by atoms with Gasteiger partial charge in [-0.25, -0.2) is 9.97 Å². The zero-order valence-electron chi connectivity index (χ0n) is 13.7. The molecule has 128 valence electrons. The average molecular weight is 355 g/mol. The number of piperidine rings is 1. The number of nitrogens with zero attached hydrogens (tertiary/aromatic N) is 3. The fourth-order valence-corrected chi connectivity index (χ4v) is 3.42. The number of hydrogen-bond donors (Lipinski definition) is 3. The number of nitrogens with two attached hydrogens (primary N) is 1. The van der Waals surface area contributed by atoms with Crippen LogP contribution in [0.5, 0.6) is 0 Å². The molecule has 3 heterocycles. The number of aromatic amines is 1. The first-order valence-corrected chi connectivity index (χ1v) is 8.74. The van der Waals surface area contributed by atoms with Crippen molar-refractivity contribution in [1.29, 1.82) is 0 Å². The first-order chi connectivity index (χ1) is 12.2. The molecule has 0 saturated carbocycles. The largest absolute Gasteiger partial charge is 0.384 e. The van der Waals surface area contributed by atoms with E-state index >= 15 is 0 Å². The van der Waals surface area contributed by atoms with Crippen molar-refractivity contribution >= 4 is 17.4 Å². The molecule has 25 heavy (non-hydrogen) atoms. The summed E-state index contributed by atoms with van der Waals surface area (Å²) >= 11 is 6.03. The van der Waals surface area contributed by atoms with Gasteiger partial charge in [-0.2, -0.15) is 5.10 Å². The standard InChI is InChI=1S/C18H19ClN6/c19-13-3-1-11(2-4-13)16-15(18-22-10-7-14(20)23-18)17(25-24-16)12-5-8-21-9-6-12/h1-4,7,10,12,21H,5-6,8-9H2,(H,24,25)(H2,20,22,23). The zero-order valence-corrected chi connectivity index (χ0v) is 14.4. The number of aromatic nitrogens is 4. The Hall–Kier alpha value is -2.44. The molecular weight excluding hydrogens is 336 g/mol. The van der Waals surface area contributed by atoms with Crippen molar-refractivity contribution in [2.24, 2.45) is 0 Å². The van der Waals surface area contributed by atoms with Crippen LogP contribution < -0.4 is 11.1 Å². The monoisotopic (exact) mass is 354 g/mol. The molecule has 0 unspecified atom stereocenters. The Kier molecular flexibility index (Phi) is 4.38. The zero-order chi connectivity index (χ0) is 17.2. The van der Waals surface area contributed by atoms with E-state index in [9.17, 15) is 0 Å². The second-order valence-electron chi connectivity index (χ2n) is 6.20. The molecule has 1 aromatic carbocycles. The summed E-state index contributed by atoms with van der Waals surface area (Å²) in [5, 5.41) is 11.9. The molecule has 3 aromatic rings. The molecular formula is C18H19ClN6. The van der Waals surface area contributed by atoms with Crippen LogP contribution >= 0.6 is 11.6 Å². The molecule has 0 spiro atoms. The van der Waals surface area contributed by atoms with Gasteiger partial charge in [0, 0.05) is 22.7 Å². The highest BCUT2D eigenvalue weighted by atomic mass is 35.5. The maximum absolute atomic E-state index is 6.03. The molecule has 0 atom stereocenters. The minimum atomic E-state index is 0.398. The molecule has 0 amide bonds. The van der Waals surface area contributed by atoms with Gasteiger partial charge in [0.1, 0.15) is 11.5 Å². The van der Waals surface area contributed by atoms with E-state index in [-0.39, 0.29) is 0 Å². The van der Waals surface area contributed by atoms with E-state index in [2.05, 4.69) is 25.5 Å². The number of nitrogen functional groups attached to an aromatic ring is 1. The molecule has 4 rings (SSSR count). The molecule has 4 N–H and O–H groups in total. The maximum atomic E-state index is 6.03. The van der Waals surface area contributed by atoms with Crippen molar-refractivity contribution < 1.29 is 0 Å². The quantitative estimate of drug-likeness (QED) is 0.671. The molecule has 6 nitrogen and oxygen atoms in total. The van der Waals surface area contributed by atoms with Crippen LogP contribution in [0.25, 0.3) is 22.6 Å². The van der Waals surface area contributed by atoms with Crippen LogP contribution in [-0.2, 0) is 0 Å². The third kappa shape index (κ3) is 3.23. The fourth-order valence-electron chi connectivity index (χ4n) is 3.30. The van der Waals surface area contributed by atoms with Crippen molar-refractivity contribution in [2.45, 2.75) is 18.8 Å². The molecule has 2 aromatic heterocycles. The summed E-state index contributed by atoms with van der Waals surface area (Å²) in [5.74, 6) is 1.45. The Morgan fingerprint density at radius 3 is 2.56 bits per heavy atom. The van der Waals surface area contributed by atoms with Crippen molar-refractivity contribution in [2.75, 3.05) is 18.8 Å². The number of rotatable bonds is 3. The van der Waals surface area contributed by atoms with E-state index in [0.717, 1.165) is 48.4 Å². The fraction of sp³-hybridized carbons (Fsp3) is 0.278. The third-order valence-corrected chi connectivity index (χ3v) is 4.81. The molecule has 1 aliphatic heterocycles. The van der Waals surface area contributed by atoms with Crippen molar-refractivity contribution in [3.05, 3.63) is 47.2 Å². The molecule has 0 aliphatic carbocycles. The van der Waals surface area contributed by atoms with E-state index in [1.165, 1.54) is 0 Å². The number of anilines is 1. The number of H-pyrrole nitrogens is 1. The van der Waals surface area contributed by atoms with Gasteiger partial charge in [-0.05, 0) is 44.1 Å². The van der Waals surface area contributed by atoms with Gasteiger partial charge >= 0.3 is 0 Å². The van der Waals surface area contributed by atoms with Gasteiger partial charge in [0.2, 0.25) is 0 Å². The Morgan fingerprint density at radius 2 is 1.84 bits per heavy atom. The van der Waals surface area contributed by atoms with Gasteiger partial charge in [-0.15, -0.1) is 0 Å². The molecule has 1 fully saturated rings. The Morgan fingerprint density at radius 1 is 1.08 bits per heavy atom. The lowest BCUT2D eigenvalue weighted by molar-refractivity contribution is 0.453. The van der Waals surface area contributed by atoms with Gasteiger partial charge in [0.25, 0.3) is 0 Å². The number of benzene rings is 1. The Balaban J connectivity index is 1.86. The van der Waals surface area contributed by atoms with E-state index in [1.807, 2.05) is 24.3 Å². The molecule has 1 saturated heterocycles. The van der Waals surface area contributed by atoms with Crippen molar-refractivity contribution in [3.8, 4) is 22.6 Å². The normalized spacial score (nSPS) is 15.4. The van der Waals surface area contributed by atoms with Crippen LogP contribution in [0.15, 0.2) is 36.5 Å². The molecule has 1 aliphatic rings. The summed E-state index contributed by atoms with van der Waals surface area (Å²) in [6, 6.07) is 9.33. The van der Waals surface area contributed by atoms with Crippen LogP contribution in [0.1, 0.15) is 24.5 Å². The van der Waals surface area contributed by atoms with E-state index in [0.29, 0.717) is 22.6 Å². The predicted octanol–water partition coefficient (Wildman–Crippen LogP) is 3.24. The second-order valence-corrected chi connectivity index (χ2v) is 6.63. The first-order valence-electron chi connectivity index (χ1n) is 8.36. The van der Waals surface area contributed by atoms with Crippen LogP contribution in [-0.4, -0.2) is 33.3 Å². The first kappa shape index (κ1) is 16.1. The topological polar surface area (TPSA) is 92.5 Å². The van der Waals surface area contributed by atoms with E-state index in [4.69, 9.17) is 17.3 Å². The average Bonchev–Trinajstić information content (AvgIpc) is 3.08. The van der Waals surface area contributed by atoms with Gasteiger partial charge in [0.15, 0.2) is 5.82 Å².